The van der Waals surface area contributed by atoms with Crippen LogP contribution in [-0.2, 0) is 9.47 Å². The highest BCUT2D eigenvalue weighted by molar-refractivity contribution is 5.12. The maximum absolute atomic E-state index is 5.48. The first-order valence-electron chi connectivity index (χ1n) is 4.27. The van der Waals surface area contributed by atoms with E-state index in [1.807, 2.05) is 0 Å². The minimum atomic E-state index is -0.0135. The number of hydrogen-bond donors (Lipinski definition) is 0. The fourth-order valence-corrected chi connectivity index (χ4v) is 2.12. The summed E-state index contributed by atoms with van der Waals surface area (Å²) in [5.41, 5.74) is 0. The topological polar surface area (TPSA) is 25.1 Å². The van der Waals surface area contributed by atoms with Crippen molar-refractivity contribution >= 4 is 0 Å². The van der Waals surface area contributed by atoms with E-state index in [0.29, 0.717) is 12.2 Å². The predicted octanol–water partition coefficient (Wildman–Crippen LogP) is 1.44. The molecule has 0 bridgehead atoms. The molecule has 2 atom stereocenters. The van der Waals surface area contributed by atoms with Crippen molar-refractivity contribution in [3.63, 3.8) is 0 Å². The van der Waals surface area contributed by atoms with Crippen LogP contribution < -0.4 is 0 Å². The second-order valence-electron chi connectivity index (χ2n) is 3.57. The van der Waals surface area contributed by atoms with Gasteiger partial charge in [-0.2, -0.15) is 0 Å². The second-order valence-corrected chi connectivity index (χ2v) is 3.57. The molecule has 3 fully saturated rings. The Morgan fingerprint density at radius 1 is 0.900 bits per heavy atom. The summed E-state index contributed by atoms with van der Waals surface area (Å²) in [4.78, 5) is 0. The molecule has 2 nitrogen and oxygen atoms in total. The molecule has 2 heterocycles. The molecule has 10 heavy (non-hydrogen) atoms. The molecular formula is C8H12O2. The van der Waals surface area contributed by atoms with Gasteiger partial charge in [-0.3, -0.25) is 0 Å². The number of rotatable bonds is 0. The Morgan fingerprint density at radius 3 is 2.10 bits per heavy atom. The molecule has 0 aromatic heterocycles. The molecule has 2 aliphatic heterocycles. The molecule has 3 aliphatic rings. The summed E-state index contributed by atoms with van der Waals surface area (Å²) in [6.07, 6.45) is 7.48. The summed E-state index contributed by atoms with van der Waals surface area (Å²) in [6, 6.07) is 0. The van der Waals surface area contributed by atoms with Gasteiger partial charge in [0.25, 0.3) is 0 Å². The highest BCUT2D eigenvalue weighted by Gasteiger charge is 2.75. The van der Waals surface area contributed by atoms with E-state index in [1.54, 1.807) is 0 Å². The predicted molar refractivity (Wildman–Crippen MR) is 35.6 cm³/mol. The maximum Gasteiger partial charge on any atom is 0.223 e. The number of ether oxygens (including phenoxy) is 2. The molecule has 2 heteroatoms. The van der Waals surface area contributed by atoms with Gasteiger partial charge in [0, 0.05) is 0 Å². The van der Waals surface area contributed by atoms with Gasteiger partial charge < -0.3 is 9.47 Å². The zero-order valence-electron chi connectivity index (χ0n) is 6.01. The van der Waals surface area contributed by atoms with Gasteiger partial charge in [-0.25, -0.2) is 0 Å². The molecule has 1 aliphatic carbocycles. The van der Waals surface area contributed by atoms with Crippen LogP contribution in [0.5, 0.6) is 0 Å². The van der Waals surface area contributed by atoms with Crippen LogP contribution in [0.2, 0.25) is 0 Å². The number of epoxide rings is 2. The van der Waals surface area contributed by atoms with Crippen molar-refractivity contribution in [3.8, 4) is 0 Å². The van der Waals surface area contributed by atoms with Gasteiger partial charge in [0.2, 0.25) is 5.79 Å². The van der Waals surface area contributed by atoms with E-state index < -0.39 is 0 Å². The van der Waals surface area contributed by atoms with Crippen LogP contribution in [0.3, 0.4) is 0 Å². The fourth-order valence-electron chi connectivity index (χ4n) is 2.12. The third kappa shape index (κ3) is 0.565. The Morgan fingerprint density at radius 2 is 1.50 bits per heavy atom. The molecule has 0 aromatic carbocycles. The zero-order valence-corrected chi connectivity index (χ0v) is 6.01. The summed E-state index contributed by atoms with van der Waals surface area (Å²) in [5, 5.41) is 0. The Bertz CT molecular complexity index is 149. The second kappa shape index (κ2) is 1.56. The van der Waals surface area contributed by atoms with Gasteiger partial charge in [-0.05, 0) is 12.8 Å². The lowest BCUT2D eigenvalue weighted by atomic mass is 10.0. The van der Waals surface area contributed by atoms with E-state index in [1.165, 1.54) is 32.1 Å². The number of hydrogen-bond acceptors (Lipinski definition) is 2. The SMILES string of the molecule is C1CCC2OC23OC3CC1. The van der Waals surface area contributed by atoms with Crippen molar-refractivity contribution in [2.24, 2.45) is 0 Å². The van der Waals surface area contributed by atoms with Gasteiger partial charge in [0.1, 0.15) is 12.2 Å². The van der Waals surface area contributed by atoms with Crippen molar-refractivity contribution in [3.05, 3.63) is 0 Å². The summed E-state index contributed by atoms with van der Waals surface area (Å²) in [6.45, 7) is 0. The monoisotopic (exact) mass is 140 g/mol. The molecule has 1 spiro atoms. The van der Waals surface area contributed by atoms with E-state index in [9.17, 15) is 0 Å². The lowest BCUT2D eigenvalue weighted by molar-refractivity contribution is 0.244. The van der Waals surface area contributed by atoms with Crippen molar-refractivity contribution in [2.45, 2.75) is 50.1 Å². The molecule has 0 N–H and O–H groups in total. The first kappa shape index (κ1) is 5.56. The third-order valence-electron chi connectivity index (χ3n) is 2.87. The summed E-state index contributed by atoms with van der Waals surface area (Å²) >= 11 is 0. The molecule has 0 radical (unpaired) electrons. The van der Waals surface area contributed by atoms with Gasteiger partial charge in [-0.15, -0.1) is 0 Å². The summed E-state index contributed by atoms with van der Waals surface area (Å²) in [5.74, 6) is -0.0135. The fraction of sp³-hybridized carbons (Fsp3) is 1.00. The van der Waals surface area contributed by atoms with Crippen LogP contribution in [-0.4, -0.2) is 18.0 Å². The lowest BCUT2D eigenvalue weighted by Gasteiger charge is -1.98. The quantitative estimate of drug-likeness (QED) is 0.476. The lowest BCUT2D eigenvalue weighted by Crippen LogP contribution is -2.03. The molecule has 56 valence electrons. The Labute approximate surface area is 60.5 Å². The van der Waals surface area contributed by atoms with E-state index >= 15 is 0 Å². The van der Waals surface area contributed by atoms with Crippen LogP contribution >= 0.6 is 0 Å². The van der Waals surface area contributed by atoms with E-state index in [2.05, 4.69) is 0 Å². The largest absolute Gasteiger partial charge is 0.336 e. The molecule has 2 unspecified atom stereocenters. The Balaban J connectivity index is 1.75. The summed E-state index contributed by atoms with van der Waals surface area (Å²) in [7, 11) is 0. The molecule has 1 saturated carbocycles. The van der Waals surface area contributed by atoms with Crippen molar-refractivity contribution in [1.29, 1.82) is 0 Å². The van der Waals surface area contributed by atoms with Gasteiger partial charge in [-0.1, -0.05) is 19.3 Å². The van der Waals surface area contributed by atoms with Crippen LogP contribution in [0.15, 0.2) is 0 Å². The molecule has 0 aromatic rings. The smallest absolute Gasteiger partial charge is 0.223 e. The van der Waals surface area contributed by atoms with Crippen molar-refractivity contribution in [2.75, 3.05) is 0 Å². The maximum atomic E-state index is 5.48. The zero-order chi connectivity index (χ0) is 6.60. The first-order chi connectivity index (χ1) is 4.92. The van der Waals surface area contributed by atoms with E-state index in [-0.39, 0.29) is 5.79 Å². The normalized spacial score (nSPS) is 57.6. The molecule has 3 rings (SSSR count). The van der Waals surface area contributed by atoms with Crippen LogP contribution in [0.4, 0.5) is 0 Å². The average Bonchev–Trinajstić information content (AvgIpc) is 2.76. The molecule has 0 amide bonds. The van der Waals surface area contributed by atoms with Crippen molar-refractivity contribution in [1.82, 2.24) is 0 Å². The Hall–Kier alpha value is -0.0800. The molecule has 2 saturated heterocycles. The van der Waals surface area contributed by atoms with Crippen molar-refractivity contribution < 1.29 is 9.47 Å². The van der Waals surface area contributed by atoms with Gasteiger partial charge in [0.15, 0.2) is 0 Å². The standard InChI is InChI=1S/C8H12O2/c1-2-4-6-8(9-6)7(10-8)5-3-1/h6-7H,1-5H2. The first-order valence-corrected chi connectivity index (χ1v) is 4.27. The van der Waals surface area contributed by atoms with E-state index in [0.717, 1.165) is 0 Å². The minimum Gasteiger partial charge on any atom is -0.336 e. The van der Waals surface area contributed by atoms with Gasteiger partial charge in [0.05, 0.1) is 0 Å². The Kier molecular flexibility index (Phi) is 0.868. The van der Waals surface area contributed by atoms with E-state index in [4.69, 9.17) is 9.47 Å². The highest BCUT2D eigenvalue weighted by Crippen LogP contribution is 2.59. The summed E-state index contributed by atoms with van der Waals surface area (Å²) < 4.78 is 11.0. The third-order valence-corrected chi connectivity index (χ3v) is 2.87. The van der Waals surface area contributed by atoms with Gasteiger partial charge >= 0.3 is 0 Å². The molecular weight excluding hydrogens is 128 g/mol. The average molecular weight is 140 g/mol. The van der Waals surface area contributed by atoms with Crippen LogP contribution in [0, 0.1) is 0 Å². The van der Waals surface area contributed by atoms with Crippen LogP contribution in [0.1, 0.15) is 32.1 Å². The minimum absolute atomic E-state index is 0.0135. The highest BCUT2D eigenvalue weighted by atomic mass is 16.9. The van der Waals surface area contributed by atoms with Crippen LogP contribution in [0.25, 0.3) is 0 Å².